The number of aryl methyl sites for hydroxylation is 1. The molecule has 1 heterocycles. The van der Waals surface area contributed by atoms with Crippen molar-refractivity contribution < 1.29 is 14.2 Å². The highest BCUT2D eigenvalue weighted by atomic mass is 19.1. The lowest BCUT2D eigenvalue weighted by Crippen LogP contribution is -2.39. The van der Waals surface area contributed by atoms with Crippen molar-refractivity contribution >= 4 is 0 Å². The van der Waals surface area contributed by atoms with E-state index in [1.54, 1.807) is 6.07 Å². The van der Waals surface area contributed by atoms with Crippen molar-refractivity contribution in [2.75, 3.05) is 6.54 Å². The Morgan fingerprint density at radius 1 is 1.60 bits per heavy atom. The van der Waals surface area contributed by atoms with Crippen LogP contribution in [0.5, 0.6) is 5.75 Å². The topological polar surface area (TPSA) is 55.5 Å². The van der Waals surface area contributed by atoms with Gasteiger partial charge in [-0.1, -0.05) is 0 Å². The summed E-state index contributed by atoms with van der Waals surface area (Å²) in [7, 11) is 0. The monoisotopic (exact) mass is 211 g/mol. The summed E-state index contributed by atoms with van der Waals surface area (Å²) in [6.07, 6.45) is 0.472. The maximum atomic E-state index is 12.9. The van der Waals surface area contributed by atoms with Gasteiger partial charge in [0.1, 0.15) is 23.8 Å². The Morgan fingerprint density at radius 3 is 3.13 bits per heavy atom. The fourth-order valence-corrected chi connectivity index (χ4v) is 1.80. The van der Waals surface area contributed by atoms with Crippen LogP contribution in [0.1, 0.15) is 12.0 Å². The maximum absolute atomic E-state index is 12.9. The Kier molecular flexibility index (Phi) is 2.88. The quantitative estimate of drug-likeness (QED) is 0.762. The van der Waals surface area contributed by atoms with Gasteiger partial charge in [-0.15, -0.1) is 0 Å². The van der Waals surface area contributed by atoms with Crippen LogP contribution in [0.15, 0.2) is 18.2 Å². The molecule has 1 aromatic rings. The first-order chi connectivity index (χ1) is 7.20. The zero-order valence-corrected chi connectivity index (χ0v) is 8.32. The van der Waals surface area contributed by atoms with Gasteiger partial charge in [-0.25, -0.2) is 4.39 Å². The molecule has 2 rings (SSSR count). The van der Waals surface area contributed by atoms with Crippen LogP contribution in [-0.2, 0) is 6.42 Å². The van der Waals surface area contributed by atoms with E-state index in [0.717, 1.165) is 12.0 Å². The van der Waals surface area contributed by atoms with E-state index in [0.29, 0.717) is 12.2 Å². The number of aliphatic hydroxyl groups is 1. The normalized spacial score (nSPS) is 21.7. The van der Waals surface area contributed by atoms with E-state index in [9.17, 15) is 9.50 Å². The minimum atomic E-state index is -0.650. The fourth-order valence-electron chi connectivity index (χ4n) is 1.80. The van der Waals surface area contributed by atoms with Gasteiger partial charge in [0.05, 0.1) is 0 Å². The molecule has 82 valence electrons. The number of hydrogen-bond donors (Lipinski definition) is 2. The summed E-state index contributed by atoms with van der Waals surface area (Å²) >= 11 is 0. The molecule has 0 saturated carbocycles. The molecule has 1 aromatic carbocycles. The highest BCUT2D eigenvalue weighted by Gasteiger charge is 2.25. The summed E-state index contributed by atoms with van der Waals surface area (Å²) < 4.78 is 18.4. The van der Waals surface area contributed by atoms with E-state index in [1.165, 1.54) is 12.1 Å². The summed E-state index contributed by atoms with van der Waals surface area (Å²) in [5.74, 6) is 0.398. The van der Waals surface area contributed by atoms with Crippen molar-refractivity contribution in [1.29, 1.82) is 0 Å². The van der Waals surface area contributed by atoms with Gasteiger partial charge in [-0.2, -0.15) is 0 Å². The Morgan fingerprint density at radius 2 is 2.40 bits per heavy atom. The number of ether oxygens (including phenoxy) is 1. The predicted octanol–water partition coefficient (Wildman–Crippen LogP) is 0.839. The van der Waals surface area contributed by atoms with Gasteiger partial charge in [-0.05, 0) is 36.6 Å². The third-order valence-electron chi connectivity index (χ3n) is 2.67. The average molecular weight is 211 g/mol. The summed E-state index contributed by atoms with van der Waals surface area (Å²) in [6, 6.07) is 4.43. The number of halogens is 1. The molecular weight excluding hydrogens is 197 g/mol. The van der Waals surface area contributed by atoms with Gasteiger partial charge in [0.2, 0.25) is 0 Å². The summed E-state index contributed by atoms with van der Waals surface area (Å²) in [4.78, 5) is 0. The first-order valence-electron chi connectivity index (χ1n) is 5.04. The summed E-state index contributed by atoms with van der Waals surface area (Å²) in [5, 5.41) is 9.54. The van der Waals surface area contributed by atoms with E-state index in [2.05, 4.69) is 0 Å². The Balaban J connectivity index is 2.16. The zero-order valence-electron chi connectivity index (χ0n) is 8.32. The van der Waals surface area contributed by atoms with E-state index < -0.39 is 6.10 Å². The lowest BCUT2D eigenvalue weighted by molar-refractivity contribution is 0.0296. The molecule has 1 unspecified atom stereocenters. The molecule has 0 amide bonds. The molecule has 1 aliphatic rings. The SMILES string of the molecule is NC[C@H](O)C1CCc2cc(F)ccc2O1. The lowest BCUT2D eigenvalue weighted by atomic mass is 9.99. The summed E-state index contributed by atoms with van der Waals surface area (Å²) in [6.45, 7) is 0.182. The smallest absolute Gasteiger partial charge is 0.126 e. The molecule has 0 aliphatic carbocycles. The van der Waals surface area contributed by atoms with Crippen LogP contribution in [0.3, 0.4) is 0 Å². The van der Waals surface area contributed by atoms with Crippen LogP contribution < -0.4 is 10.5 Å². The molecule has 0 fully saturated rings. The second-order valence-corrected chi connectivity index (χ2v) is 3.75. The fraction of sp³-hybridized carbons (Fsp3) is 0.455. The number of nitrogens with two attached hydrogens (primary N) is 1. The van der Waals surface area contributed by atoms with Crippen LogP contribution in [0.2, 0.25) is 0 Å². The molecule has 0 aromatic heterocycles. The second kappa shape index (κ2) is 4.16. The molecule has 3 N–H and O–H groups in total. The zero-order chi connectivity index (χ0) is 10.8. The highest BCUT2D eigenvalue weighted by molar-refractivity contribution is 5.35. The number of benzene rings is 1. The molecule has 15 heavy (non-hydrogen) atoms. The van der Waals surface area contributed by atoms with E-state index >= 15 is 0 Å². The van der Waals surface area contributed by atoms with Crippen molar-refractivity contribution in [3.63, 3.8) is 0 Å². The molecule has 0 bridgehead atoms. The molecule has 3 nitrogen and oxygen atoms in total. The van der Waals surface area contributed by atoms with E-state index in [-0.39, 0.29) is 18.5 Å². The third kappa shape index (κ3) is 2.11. The Labute approximate surface area is 87.7 Å². The Hall–Kier alpha value is -1.13. The third-order valence-corrected chi connectivity index (χ3v) is 2.67. The highest BCUT2D eigenvalue weighted by Crippen LogP contribution is 2.29. The first-order valence-corrected chi connectivity index (χ1v) is 5.04. The molecule has 1 aliphatic heterocycles. The van der Waals surface area contributed by atoms with Crippen molar-refractivity contribution in [3.05, 3.63) is 29.6 Å². The van der Waals surface area contributed by atoms with Gasteiger partial charge in [0.25, 0.3) is 0 Å². The number of rotatable bonds is 2. The van der Waals surface area contributed by atoms with Crippen molar-refractivity contribution in [2.45, 2.75) is 25.0 Å². The largest absolute Gasteiger partial charge is 0.487 e. The first kappa shape index (κ1) is 10.4. The van der Waals surface area contributed by atoms with Gasteiger partial charge in [0.15, 0.2) is 0 Å². The number of fused-ring (bicyclic) bond motifs is 1. The standard InChI is InChI=1S/C11H14FNO2/c12-8-2-4-10-7(5-8)1-3-11(15-10)9(14)6-13/h2,4-5,9,11,14H,1,3,6,13H2/t9-,11?/m0/s1. The number of hydrogen-bond acceptors (Lipinski definition) is 3. The minimum Gasteiger partial charge on any atom is -0.487 e. The van der Waals surface area contributed by atoms with Crippen LogP contribution >= 0.6 is 0 Å². The average Bonchev–Trinajstić information content (AvgIpc) is 2.27. The second-order valence-electron chi connectivity index (χ2n) is 3.75. The number of aliphatic hydroxyl groups excluding tert-OH is 1. The van der Waals surface area contributed by atoms with Crippen molar-refractivity contribution in [2.24, 2.45) is 5.73 Å². The molecule has 0 saturated heterocycles. The van der Waals surface area contributed by atoms with E-state index in [1.807, 2.05) is 0 Å². The molecular formula is C11H14FNO2. The van der Waals surface area contributed by atoms with Crippen LogP contribution in [0.4, 0.5) is 4.39 Å². The maximum Gasteiger partial charge on any atom is 0.126 e. The molecule has 4 heteroatoms. The predicted molar refractivity (Wildman–Crippen MR) is 54.2 cm³/mol. The molecule has 0 spiro atoms. The van der Waals surface area contributed by atoms with Crippen LogP contribution in [0, 0.1) is 5.82 Å². The van der Waals surface area contributed by atoms with Gasteiger partial charge in [-0.3, -0.25) is 0 Å². The van der Waals surface area contributed by atoms with Crippen LogP contribution in [-0.4, -0.2) is 23.9 Å². The van der Waals surface area contributed by atoms with E-state index in [4.69, 9.17) is 10.5 Å². The minimum absolute atomic E-state index is 0.182. The van der Waals surface area contributed by atoms with Gasteiger partial charge >= 0.3 is 0 Å². The van der Waals surface area contributed by atoms with Crippen molar-refractivity contribution in [1.82, 2.24) is 0 Å². The van der Waals surface area contributed by atoms with Gasteiger partial charge < -0.3 is 15.6 Å². The lowest BCUT2D eigenvalue weighted by Gasteiger charge is -2.28. The Bertz CT molecular complexity index is 356. The molecule has 0 radical (unpaired) electrons. The summed E-state index contributed by atoms with van der Waals surface area (Å²) in [5.41, 5.74) is 6.21. The van der Waals surface area contributed by atoms with Crippen molar-refractivity contribution in [3.8, 4) is 5.75 Å². The van der Waals surface area contributed by atoms with Gasteiger partial charge in [0, 0.05) is 6.54 Å². The van der Waals surface area contributed by atoms with Crippen LogP contribution in [0.25, 0.3) is 0 Å². The molecule has 2 atom stereocenters.